The third kappa shape index (κ3) is 3.69. The molecule has 0 bridgehead atoms. The van der Waals surface area contributed by atoms with Crippen LogP contribution in [0.4, 0.5) is 0 Å². The van der Waals surface area contributed by atoms with Gasteiger partial charge in [0.15, 0.2) is 0 Å². The van der Waals surface area contributed by atoms with Gasteiger partial charge < -0.3 is 10.5 Å². The predicted octanol–water partition coefficient (Wildman–Crippen LogP) is 3.93. The molecular formula is C13H20ClNO. The van der Waals surface area contributed by atoms with Crippen molar-refractivity contribution in [2.75, 3.05) is 7.11 Å². The molecule has 1 aromatic carbocycles. The van der Waals surface area contributed by atoms with Crippen molar-refractivity contribution in [3.63, 3.8) is 0 Å². The second-order valence-corrected chi connectivity index (χ2v) is 4.42. The van der Waals surface area contributed by atoms with Gasteiger partial charge in [0, 0.05) is 16.6 Å². The Labute approximate surface area is 103 Å². The quantitative estimate of drug-likeness (QED) is 0.766. The van der Waals surface area contributed by atoms with Crippen LogP contribution in [-0.4, -0.2) is 7.11 Å². The summed E-state index contributed by atoms with van der Waals surface area (Å²) in [6.45, 7) is 2.19. The van der Waals surface area contributed by atoms with E-state index in [0.717, 1.165) is 24.2 Å². The highest BCUT2D eigenvalue weighted by Crippen LogP contribution is 2.29. The van der Waals surface area contributed by atoms with E-state index in [-0.39, 0.29) is 6.04 Å². The maximum atomic E-state index is 6.14. The van der Waals surface area contributed by atoms with Gasteiger partial charge in [0.05, 0.1) is 7.11 Å². The molecule has 0 aliphatic heterocycles. The Morgan fingerprint density at radius 2 is 2.12 bits per heavy atom. The zero-order valence-electron chi connectivity index (χ0n) is 10.0. The van der Waals surface area contributed by atoms with Gasteiger partial charge >= 0.3 is 0 Å². The molecule has 0 aromatic heterocycles. The van der Waals surface area contributed by atoms with E-state index < -0.39 is 0 Å². The lowest BCUT2D eigenvalue weighted by atomic mass is 10.0. The number of nitrogens with two attached hydrogens (primary N) is 1. The molecule has 90 valence electrons. The summed E-state index contributed by atoms with van der Waals surface area (Å²) in [7, 11) is 1.66. The number of unbranched alkanes of at least 4 members (excludes halogenated alkanes) is 2. The zero-order valence-corrected chi connectivity index (χ0v) is 10.8. The summed E-state index contributed by atoms with van der Waals surface area (Å²) in [5, 5.41) is 0.710. The molecule has 0 saturated heterocycles. The van der Waals surface area contributed by atoms with E-state index in [2.05, 4.69) is 6.92 Å². The fourth-order valence-electron chi connectivity index (χ4n) is 1.76. The van der Waals surface area contributed by atoms with Crippen molar-refractivity contribution in [2.24, 2.45) is 5.73 Å². The first-order valence-electron chi connectivity index (χ1n) is 5.78. The molecule has 0 amide bonds. The van der Waals surface area contributed by atoms with Gasteiger partial charge in [0.1, 0.15) is 5.75 Å². The summed E-state index contributed by atoms with van der Waals surface area (Å²) in [5.41, 5.74) is 7.15. The largest absolute Gasteiger partial charge is 0.496 e. The molecule has 0 heterocycles. The number of hydrogen-bond donors (Lipinski definition) is 1. The van der Waals surface area contributed by atoms with Crippen LogP contribution in [0, 0.1) is 0 Å². The van der Waals surface area contributed by atoms with E-state index in [1.165, 1.54) is 12.8 Å². The van der Waals surface area contributed by atoms with Crippen molar-refractivity contribution < 1.29 is 4.74 Å². The van der Waals surface area contributed by atoms with Gasteiger partial charge in [0.2, 0.25) is 0 Å². The molecule has 1 rings (SSSR count). The third-order valence-electron chi connectivity index (χ3n) is 2.71. The maximum absolute atomic E-state index is 6.14. The van der Waals surface area contributed by atoms with Gasteiger partial charge in [-0.3, -0.25) is 0 Å². The van der Waals surface area contributed by atoms with E-state index in [1.807, 2.05) is 18.2 Å². The van der Waals surface area contributed by atoms with Crippen LogP contribution in [0.3, 0.4) is 0 Å². The Morgan fingerprint density at radius 3 is 2.75 bits per heavy atom. The summed E-state index contributed by atoms with van der Waals surface area (Å²) in [4.78, 5) is 0. The van der Waals surface area contributed by atoms with Gasteiger partial charge in [-0.2, -0.15) is 0 Å². The summed E-state index contributed by atoms with van der Waals surface area (Å²) < 4.78 is 5.29. The molecular weight excluding hydrogens is 222 g/mol. The molecule has 0 aliphatic carbocycles. The van der Waals surface area contributed by atoms with Gasteiger partial charge in [-0.05, 0) is 24.6 Å². The molecule has 3 heteroatoms. The lowest BCUT2D eigenvalue weighted by molar-refractivity contribution is 0.403. The van der Waals surface area contributed by atoms with E-state index in [4.69, 9.17) is 22.1 Å². The van der Waals surface area contributed by atoms with Crippen molar-refractivity contribution in [3.05, 3.63) is 28.8 Å². The Kier molecular flexibility index (Phi) is 5.64. The fourth-order valence-corrected chi connectivity index (χ4v) is 1.95. The smallest absolute Gasteiger partial charge is 0.123 e. The third-order valence-corrected chi connectivity index (χ3v) is 2.94. The van der Waals surface area contributed by atoms with Crippen molar-refractivity contribution in [1.29, 1.82) is 0 Å². The van der Waals surface area contributed by atoms with Crippen molar-refractivity contribution >= 4 is 11.6 Å². The topological polar surface area (TPSA) is 35.2 Å². The minimum atomic E-state index is 0.0141. The number of ether oxygens (including phenoxy) is 1. The first-order valence-corrected chi connectivity index (χ1v) is 6.15. The molecule has 2 nitrogen and oxygen atoms in total. The lowest BCUT2D eigenvalue weighted by Crippen LogP contribution is -2.11. The highest BCUT2D eigenvalue weighted by atomic mass is 35.5. The number of methoxy groups -OCH3 is 1. The molecule has 0 spiro atoms. The molecule has 16 heavy (non-hydrogen) atoms. The van der Waals surface area contributed by atoms with Crippen molar-refractivity contribution in [3.8, 4) is 5.75 Å². The normalized spacial score (nSPS) is 12.5. The Bertz CT molecular complexity index is 328. The average Bonchev–Trinajstić information content (AvgIpc) is 2.29. The van der Waals surface area contributed by atoms with Crippen molar-refractivity contribution in [1.82, 2.24) is 0 Å². The lowest BCUT2D eigenvalue weighted by Gasteiger charge is -2.15. The molecule has 0 unspecified atom stereocenters. The first kappa shape index (κ1) is 13.3. The molecule has 0 saturated carbocycles. The monoisotopic (exact) mass is 241 g/mol. The number of halogens is 1. The molecule has 0 fully saturated rings. The number of rotatable bonds is 6. The standard InChI is InChI=1S/C13H20ClNO/c1-3-4-5-6-12(15)11-9-10(14)7-8-13(11)16-2/h7-9,12H,3-6,15H2,1-2H3/t12-/m0/s1. The van der Waals surface area contributed by atoms with Crippen LogP contribution in [0.15, 0.2) is 18.2 Å². The van der Waals surface area contributed by atoms with Crippen LogP contribution in [0.1, 0.15) is 44.2 Å². The SMILES string of the molecule is CCCCC[C@H](N)c1cc(Cl)ccc1OC. The summed E-state index contributed by atoms with van der Waals surface area (Å²) >= 11 is 5.97. The summed E-state index contributed by atoms with van der Waals surface area (Å²) in [6.07, 6.45) is 4.55. The van der Waals surface area contributed by atoms with Crippen LogP contribution in [0.2, 0.25) is 5.02 Å². The molecule has 2 N–H and O–H groups in total. The molecule has 1 aromatic rings. The minimum absolute atomic E-state index is 0.0141. The van der Waals surface area contributed by atoms with Gasteiger partial charge in [-0.1, -0.05) is 37.8 Å². The predicted molar refractivity (Wildman–Crippen MR) is 69.1 cm³/mol. The van der Waals surface area contributed by atoms with Crippen LogP contribution in [0.25, 0.3) is 0 Å². The second kappa shape index (κ2) is 6.77. The Morgan fingerprint density at radius 1 is 1.38 bits per heavy atom. The fraction of sp³-hybridized carbons (Fsp3) is 0.538. The van der Waals surface area contributed by atoms with Crippen LogP contribution < -0.4 is 10.5 Å². The maximum Gasteiger partial charge on any atom is 0.123 e. The van der Waals surface area contributed by atoms with E-state index >= 15 is 0 Å². The van der Waals surface area contributed by atoms with E-state index in [0.29, 0.717) is 5.02 Å². The van der Waals surface area contributed by atoms with Crippen molar-refractivity contribution in [2.45, 2.75) is 38.6 Å². The highest BCUT2D eigenvalue weighted by Gasteiger charge is 2.11. The van der Waals surface area contributed by atoms with Crippen LogP contribution in [-0.2, 0) is 0 Å². The Balaban J connectivity index is 2.72. The molecule has 0 radical (unpaired) electrons. The Hall–Kier alpha value is -0.730. The van der Waals surface area contributed by atoms with E-state index in [1.54, 1.807) is 7.11 Å². The second-order valence-electron chi connectivity index (χ2n) is 3.99. The van der Waals surface area contributed by atoms with Crippen LogP contribution >= 0.6 is 11.6 Å². The first-order chi connectivity index (χ1) is 7.69. The minimum Gasteiger partial charge on any atom is -0.496 e. The zero-order chi connectivity index (χ0) is 12.0. The van der Waals surface area contributed by atoms with E-state index in [9.17, 15) is 0 Å². The average molecular weight is 242 g/mol. The summed E-state index contributed by atoms with van der Waals surface area (Å²) in [6, 6.07) is 5.61. The van der Waals surface area contributed by atoms with Crippen LogP contribution in [0.5, 0.6) is 5.75 Å². The highest BCUT2D eigenvalue weighted by molar-refractivity contribution is 6.30. The number of benzene rings is 1. The van der Waals surface area contributed by atoms with Gasteiger partial charge in [-0.25, -0.2) is 0 Å². The molecule has 1 atom stereocenters. The van der Waals surface area contributed by atoms with Gasteiger partial charge in [0.25, 0.3) is 0 Å². The summed E-state index contributed by atoms with van der Waals surface area (Å²) in [5.74, 6) is 0.827. The van der Waals surface area contributed by atoms with Gasteiger partial charge in [-0.15, -0.1) is 0 Å². The number of hydrogen-bond acceptors (Lipinski definition) is 2. The molecule has 0 aliphatic rings.